The molecule has 0 aliphatic carbocycles. The van der Waals surface area contributed by atoms with Gasteiger partial charge in [-0.25, -0.2) is 4.98 Å². The van der Waals surface area contributed by atoms with Crippen molar-refractivity contribution in [3.63, 3.8) is 0 Å². The molecule has 0 unspecified atom stereocenters. The number of nitrogens with zero attached hydrogens (tertiary/aromatic N) is 3. The molecule has 5 heteroatoms. The molecule has 0 fully saturated rings. The van der Waals surface area contributed by atoms with E-state index in [0.717, 1.165) is 15.7 Å². The van der Waals surface area contributed by atoms with E-state index in [2.05, 4.69) is 32.3 Å². The number of nitriles is 2. The monoisotopic (exact) mass is 312 g/mol. The standard InChI is InChI=1S/C14H9BrN4/c15-12-2-1-11(7-16)14(6-12)19-9-10-3-4-18-13(5-10)8-17/h1-6,19H,9H2. The highest BCUT2D eigenvalue weighted by molar-refractivity contribution is 9.10. The summed E-state index contributed by atoms with van der Waals surface area (Å²) in [6.45, 7) is 0.530. The van der Waals surface area contributed by atoms with Crippen LogP contribution in [0.5, 0.6) is 0 Å². The fourth-order valence-corrected chi connectivity index (χ4v) is 1.96. The van der Waals surface area contributed by atoms with Gasteiger partial charge < -0.3 is 5.32 Å². The smallest absolute Gasteiger partial charge is 0.140 e. The van der Waals surface area contributed by atoms with Crippen molar-refractivity contribution in [2.24, 2.45) is 0 Å². The first kappa shape index (κ1) is 13.1. The van der Waals surface area contributed by atoms with Crippen LogP contribution in [-0.4, -0.2) is 4.98 Å². The molecule has 0 saturated heterocycles. The van der Waals surface area contributed by atoms with E-state index in [4.69, 9.17) is 10.5 Å². The molecule has 0 radical (unpaired) electrons. The largest absolute Gasteiger partial charge is 0.380 e. The normalized spacial score (nSPS) is 9.42. The number of hydrogen-bond acceptors (Lipinski definition) is 4. The Morgan fingerprint density at radius 2 is 2.00 bits per heavy atom. The minimum atomic E-state index is 0.383. The second-order valence-corrected chi connectivity index (χ2v) is 4.73. The Morgan fingerprint density at radius 3 is 2.74 bits per heavy atom. The van der Waals surface area contributed by atoms with Crippen LogP contribution in [0.25, 0.3) is 0 Å². The fourth-order valence-electron chi connectivity index (χ4n) is 1.60. The average Bonchev–Trinajstić information content (AvgIpc) is 2.45. The van der Waals surface area contributed by atoms with Gasteiger partial charge >= 0.3 is 0 Å². The molecule has 92 valence electrons. The van der Waals surface area contributed by atoms with Crippen LogP contribution in [-0.2, 0) is 6.54 Å². The maximum atomic E-state index is 9.03. The van der Waals surface area contributed by atoms with E-state index in [0.29, 0.717) is 17.8 Å². The van der Waals surface area contributed by atoms with E-state index in [1.54, 1.807) is 18.3 Å². The number of nitrogens with one attached hydrogen (secondary N) is 1. The first-order chi connectivity index (χ1) is 9.22. The van der Waals surface area contributed by atoms with Gasteiger partial charge in [0, 0.05) is 17.2 Å². The molecule has 2 aromatic rings. The summed E-state index contributed by atoms with van der Waals surface area (Å²) in [6, 6.07) is 13.1. The predicted molar refractivity (Wildman–Crippen MR) is 75.1 cm³/mol. The highest BCUT2D eigenvalue weighted by atomic mass is 79.9. The number of anilines is 1. The maximum Gasteiger partial charge on any atom is 0.140 e. The Morgan fingerprint density at radius 1 is 1.16 bits per heavy atom. The van der Waals surface area contributed by atoms with Gasteiger partial charge in [-0.3, -0.25) is 0 Å². The van der Waals surface area contributed by atoms with Crippen molar-refractivity contribution in [2.75, 3.05) is 5.32 Å². The Labute approximate surface area is 119 Å². The van der Waals surface area contributed by atoms with Crippen LogP contribution in [0.2, 0.25) is 0 Å². The van der Waals surface area contributed by atoms with Gasteiger partial charge in [0.25, 0.3) is 0 Å². The maximum absolute atomic E-state index is 9.03. The summed E-state index contributed by atoms with van der Waals surface area (Å²) in [7, 11) is 0. The lowest BCUT2D eigenvalue weighted by Gasteiger charge is -2.08. The molecule has 1 N–H and O–H groups in total. The Balaban J connectivity index is 2.17. The van der Waals surface area contributed by atoms with Gasteiger partial charge in [-0.05, 0) is 35.9 Å². The van der Waals surface area contributed by atoms with Crippen LogP contribution < -0.4 is 5.32 Å². The second kappa shape index (κ2) is 5.99. The van der Waals surface area contributed by atoms with Gasteiger partial charge in [0.15, 0.2) is 0 Å². The molecule has 19 heavy (non-hydrogen) atoms. The number of rotatable bonds is 3. The summed E-state index contributed by atoms with van der Waals surface area (Å²) in [5.74, 6) is 0. The minimum Gasteiger partial charge on any atom is -0.380 e. The van der Waals surface area contributed by atoms with Gasteiger partial charge in [0.2, 0.25) is 0 Å². The van der Waals surface area contributed by atoms with E-state index in [1.807, 2.05) is 24.3 Å². The molecule has 0 amide bonds. The summed E-state index contributed by atoms with van der Waals surface area (Å²) in [5.41, 5.74) is 2.66. The molecule has 1 aromatic heterocycles. The number of pyridine rings is 1. The van der Waals surface area contributed by atoms with Gasteiger partial charge in [-0.15, -0.1) is 0 Å². The zero-order valence-corrected chi connectivity index (χ0v) is 11.5. The van der Waals surface area contributed by atoms with Crippen LogP contribution in [0.4, 0.5) is 5.69 Å². The lowest BCUT2D eigenvalue weighted by Crippen LogP contribution is -2.02. The zero-order chi connectivity index (χ0) is 13.7. The number of benzene rings is 1. The first-order valence-corrected chi connectivity index (χ1v) is 6.31. The molecular weight excluding hydrogens is 304 g/mol. The molecule has 0 aliphatic heterocycles. The highest BCUT2D eigenvalue weighted by Crippen LogP contribution is 2.21. The minimum absolute atomic E-state index is 0.383. The van der Waals surface area contributed by atoms with Crippen LogP contribution in [0.1, 0.15) is 16.8 Å². The summed E-state index contributed by atoms with van der Waals surface area (Å²) in [6.07, 6.45) is 1.60. The Kier molecular flexibility index (Phi) is 4.12. The summed E-state index contributed by atoms with van der Waals surface area (Å²) in [5, 5.41) is 21.0. The Hall–Kier alpha value is -2.37. The predicted octanol–water partition coefficient (Wildman–Crippen LogP) is 3.20. The summed E-state index contributed by atoms with van der Waals surface area (Å²) >= 11 is 3.37. The molecule has 0 aliphatic rings. The number of halogens is 1. The SMILES string of the molecule is N#Cc1cc(CNc2cc(Br)ccc2C#N)ccn1. The third-order valence-electron chi connectivity index (χ3n) is 2.52. The van der Waals surface area contributed by atoms with Crippen molar-refractivity contribution in [3.8, 4) is 12.1 Å². The van der Waals surface area contributed by atoms with Crippen LogP contribution in [0, 0.1) is 22.7 Å². The summed E-state index contributed by atoms with van der Waals surface area (Å²) in [4.78, 5) is 3.91. The quantitative estimate of drug-likeness (QED) is 0.944. The van der Waals surface area contributed by atoms with E-state index < -0.39 is 0 Å². The number of aromatic nitrogens is 1. The van der Waals surface area contributed by atoms with E-state index in [1.165, 1.54) is 0 Å². The topological polar surface area (TPSA) is 72.5 Å². The van der Waals surface area contributed by atoms with Crippen LogP contribution >= 0.6 is 15.9 Å². The summed E-state index contributed by atoms with van der Waals surface area (Å²) < 4.78 is 0.904. The molecule has 4 nitrogen and oxygen atoms in total. The third kappa shape index (κ3) is 3.31. The molecule has 0 spiro atoms. The fraction of sp³-hybridized carbons (Fsp3) is 0.0714. The highest BCUT2D eigenvalue weighted by Gasteiger charge is 2.03. The van der Waals surface area contributed by atoms with E-state index >= 15 is 0 Å². The average molecular weight is 313 g/mol. The zero-order valence-electron chi connectivity index (χ0n) is 9.89. The van der Waals surface area contributed by atoms with Crippen LogP contribution in [0.15, 0.2) is 41.0 Å². The van der Waals surface area contributed by atoms with Crippen molar-refractivity contribution in [1.29, 1.82) is 10.5 Å². The van der Waals surface area contributed by atoms with E-state index in [-0.39, 0.29) is 0 Å². The molecule has 1 aromatic carbocycles. The van der Waals surface area contributed by atoms with Crippen LogP contribution in [0.3, 0.4) is 0 Å². The molecule has 0 bridgehead atoms. The van der Waals surface area contributed by atoms with Crippen molar-refractivity contribution >= 4 is 21.6 Å². The number of hydrogen-bond donors (Lipinski definition) is 1. The van der Waals surface area contributed by atoms with Gasteiger partial charge in [-0.2, -0.15) is 10.5 Å². The molecule has 2 rings (SSSR count). The molecule has 0 atom stereocenters. The van der Waals surface area contributed by atoms with Crippen molar-refractivity contribution in [3.05, 3.63) is 57.8 Å². The Bertz CT molecular complexity index is 683. The van der Waals surface area contributed by atoms with Gasteiger partial charge in [0.05, 0.1) is 11.3 Å². The lowest BCUT2D eigenvalue weighted by molar-refractivity contribution is 1.11. The first-order valence-electron chi connectivity index (χ1n) is 5.51. The third-order valence-corrected chi connectivity index (χ3v) is 3.02. The molecule has 0 saturated carbocycles. The second-order valence-electron chi connectivity index (χ2n) is 3.82. The van der Waals surface area contributed by atoms with Crippen molar-refractivity contribution < 1.29 is 0 Å². The van der Waals surface area contributed by atoms with E-state index in [9.17, 15) is 0 Å². The van der Waals surface area contributed by atoms with Gasteiger partial charge in [0.1, 0.15) is 17.8 Å². The van der Waals surface area contributed by atoms with Crippen molar-refractivity contribution in [1.82, 2.24) is 4.98 Å². The lowest BCUT2D eigenvalue weighted by atomic mass is 10.2. The van der Waals surface area contributed by atoms with Gasteiger partial charge in [-0.1, -0.05) is 15.9 Å². The molecular formula is C14H9BrN4. The molecule has 1 heterocycles. The van der Waals surface area contributed by atoms with Crippen molar-refractivity contribution in [2.45, 2.75) is 6.54 Å².